The van der Waals surface area contributed by atoms with Crippen LogP contribution in [0.3, 0.4) is 0 Å². The summed E-state index contributed by atoms with van der Waals surface area (Å²) in [6, 6.07) is 13.1. The third kappa shape index (κ3) is 5.78. The van der Waals surface area contributed by atoms with Crippen molar-refractivity contribution >= 4 is 46.6 Å². The number of benzene rings is 2. The quantitative estimate of drug-likeness (QED) is 0.706. The number of carbonyl (C=O) groups excluding carboxylic acids is 2. The van der Waals surface area contributed by atoms with Crippen LogP contribution in [0.15, 0.2) is 42.5 Å². The number of carbonyl (C=O) groups is 2. The van der Waals surface area contributed by atoms with Crippen LogP contribution in [0.25, 0.3) is 0 Å². The van der Waals surface area contributed by atoms with Crippen molar-refractivity contribution in [2.75, 3.05) is 16.4 Å². The van der Waals surface area contributed by atoms with Gasteiger partial charge < -0.3 is 10.6 Å². The Balaban J connectivity index is 1.82. The molecular formula is C20H23ClN2O2S. The van der Waals surface area contributed by atoms with E-state index in [1.54, 1.807) is 19.1 Å². The van der Waals surface area contributed by atoms with Gasteiger partial charge in [-0.2, -0.15) is 0 Å². The Hall–Kier alpha value is -1.98. The number of thioether (sulfide) groups is 1. The van der Waals surface area contributed by atoms with Crippen LogP contribution in [0, 0.1) is 6.92 Å². The highest BCUT2D eigenvalue weighted by atomic mass is 35.5. The van der Waals surface area contributed by atoms with E-state index in [-0.39, 0.29) is 22.8 Å². The maximum atomic E-state index is 12.3. The molecule has 2 aromatic rings. The van der Waals surface area contributed by atoms with Crippen LogP contribution in [0.1, 0.15) is 25.0 Å². The molecule has 2 amide bonds. The van der Waals surface area contributed by atoms with Crippen molar-refractivity contribution in [1.82, 2.24) is 0 Å². The average molecular weight is 391 g/mol. The van der Waals surface area contributed by atoms with Gasteiger partial charge in [0.15, 0.2) is 0 Å². The molecule has 0 aliphatic heterocycles. The van der Waals surface area contributed by atoms with Crippen LogP contribution in [-0.2, 0) is 16.0 Å². The SMILES string of the molecule is CCc1ccc(NC(=O)CSC(C)C(=O)Nc2cccc(Cl)c2C)cc1. The van der Waals surface area contributed by atoms with Crippen molar-refractivity contribution in [2.45, 2.75) is 32.4 Å². The Labute approximate surface area is 163 Å². The number of rotatable bonds is 7. The molecule has 0 fully saturated rings. The number of amides is 2. The van der Waals surface area contributed by atoms with E-state index in [2.05, 4.69) is 17.6 Å². The third-order valence-corrected chi connectivity index (χ3v) is 5.56. The molecule has 2 rings (SSSR count). The minimum absolute atomic E-state index is 0.127. The van der Waals surface area contributed by atoms with Gasteiger partial charge in [-0.1, -0.05) is 36.7 Å². The summed E-state index contributed by atoms with van der Waals surface area (Å²) in [7, 11) is 0. The normalized spacial score (nSPS) is 11.7. The Bertz CT molecular complexity index is 778. The van der Waals surface area contributed by atoms with Gasteiger partial charge in [0.05, 0.1) is 11.0 Å². The number of anilines is 2. The molecule has 2 N–H and O–H groups in total. The van der Waals surface area contributed by atoms with E-state index < -0.39 is 0 Å². The fourth-order valence-corrected chi connectivity index (χ4v) is 3.13. The molecular weight excluding hydrogens is 368 g/mol. The Morgan fingerprint density at radius 3 is 2.46 bits per heavy atom. The molecule has 0 aliphatic carbocycles. The smallest absolute Gasteiger partial charge is 0.237 e. The maximum Gasteiger partial charge on any atom is 0.237 e. The molecule has 1 atom stereocenters. The van der Waals surface area contributed by atoms with E-state index in [9.17, 15) is 9.59 Å². The summed E-state index contributed by atoms with van der Waals surface area (Å²) in [6.45, 7) is 5.72. The highest BCUT2D eigenvalue weighted by Crippen LogP contribution is 2.24. The standard InChI is InChI=1S/C20H23ClN2O2S/c1-4-15-8-10-16(11-9-15)22-19(24)12-26-14(3)20(25)23-18-7-5-6-17(21)13(18)2/h5-11,14H,4,12H2,1-3H3,(H,22,24)(H,23,25). The number of hydrogen-bond acceptors (Lipinski definition) is 3. The van der Waals surface area contributed by atoms with Crippen molar-refractivity contribution < 1.29 is 9.59 Å². The van der Waals surface area contributed by atoms with Crippen molar-refractivity contribution in [3.63, 3.8) is 0 Å². The summed E-state index contributed by atoms with van der Waals surface area (Å²) in [5.41, 5.74) is 3.50. The molecule has 0 radical (unpaired) electrons. The summed E-state index contributed by atoms with van der Waals surface area (Å²) in [5.74, 6) is -0.0724. The average Bonchev–Trinajstić information content (AvgIpc) is 2.64. The first-order chi connectivity index (χ1) is 12.4. The Kier molecular flexibility index (Phi) is 7.54. The predicted octanol–water partition coefficient (Wildman–Crippen LogP) is 4.91. The van der Waals surface area contributed by atoms with Gasteiger partial charge >= 0.3 is 0 Å². The Morgan fingerprint density at radius 2 is 1.81 bits per heavy atom. The first-order valence-corrected chi connectivity index (χ1v) is 9.89. The van der Waals surface area contributed by atoms with E-state index >= 15 is 0 Å². The zero-order valence-corrected chi connectivity index (χ0v) is 16.7. The van der Waals surface area contributed by atoms with Crippen molar-refractivity contribution in [3.05, 3.63) is 58.6 Å². The van der Waals surface area contributed by atoms with Crippen LogP contribution in [0.5, 0.6) is 0 Å². The molecule has 1 unspecified atom stereocenters. The topological polar surface area (TPSA) is 58.2 Å². The fraction of sp³-hybridized carbons (Fsp3) is 0.300. The number of hydrogen-bond donors (Lipinski definition) is 2. The van der Waals surface area contributed by atoms with E-state index in [1.807, 2.05) is 37.3 Å². The summed E-state index contributed by atoms with van der Waals surface area (Å²) < 4.78 is 0. The molecule has 4 nitrogen and oxygen atoms in total. The van der Waals surface area contributed by atoms with Crippen molar-refractivity contribution in [1.29, 1.82) is 0 Å². The van der Waals surface area contributed by atoms with Crippen molar-refractivity contribution in [2.24, 2.45) is 0 Å². The minimum Gasteiger partial charge on any atom is -0.325 e. The number of halogens is 1. The van der Waals surface area contributed by atoms with E-state index in [0.29, 0.717) is 10.7 Å². The molecule has 0 heterocycles. The Morgan fingerprint density at radius 1 is 1.12 bits per heavy atom. The molecule has 6 heteroatoms. The van der Waals surface area contributed by atoms with E-state index in [1.165, 1.54) is 17.3 Å². The first kappa shape index (κ1) is 20.3. The molecule has 0 saturated carbocycles. The van der Waals surface area contributed by atoms with Gasteiger partial charge in [-0.25, -0.2) is 0 Å². The summed E-state index contributed by atoms with van der Waals surface area (Å²) in [5, 5.41) is 5.95. The van der Waals surface area contributed by atoms with Gasteiger partial charge in [0.1, 0.15) is 0 Å². The lowest BCUT2D eigenvalue weighted by atomic mass is 10.1. The molecule has 0 bridgehead atoms. The summed E-state index contributed by atoms with van der Waals surface area (Å²) in [4.78, 5) is 24.4. The minimum atomic E-state index is -0.360. The van der Waals surface area contributed by atoms with Crippen LogP contribution in [-0.4, -0.2) is 22.8 Å². The van der Waals surface area contributed by atoms with Crippen molar-refractivity contribution in [3.8, 4) is 0 Å². The molecule has 26 heavy (non-hydrogen) atoms. The lowest BCUT2D eigenvalue weighted by Gasteiger charge is -2.14. The summed E-state index contributed by atoms with van der Waals surface area (Å²) >= 11 is 7.36. The maximum absolute atomic E-state index is 12.3. The second-order valence-electron chi connectivity index (χ2n) is 5.95. The molecule has 0 spiro atoms. The zero-order valence-electron chi connectivity index (χ0n) is 15.1. The second-order valence-corrected chi connectivity index (χ2v) is 7.69. The van der Waals surface area contributed by atoms with Gasteiger partial charge in [0.2, 0.25) is 11.8 Å². The highest BCUT2D eigenvalue weighted by molar-refractivity contribution is 8.01. The monoisotopic (exact) mass is 390 g/mol. The zero-order chi connectivity index (χ0) is 19.1. The van der Waals surface area contributed by atoms with Crippen LogP contribution in [0.4, 0.5) is 11.4 Å². The number of aryl methyl sites for hydroxylation is 1. The van der Waals surface area contributed by atoms with E-state index in [4.69, 9.17) is 11.6 Å². The summed E-state index contributed by atoms with van der Waals surface area (Å²) in [6.07, 6.45) is 0.961. The third-order valence-electron chi connectivity index (χ3n) is 4.01. The van der Waals surface area contributed by atoms with Crippen LogP contribution >= 0.6 is 23.4 Å². The lowest BCUT2D eigenvalue weighted by Crippen LogP contribution is -2.25. The van der Waals surface area contributed by atoms with Gasteiger partial charge in [-0.05, 0) is 55.7 Å². The largest absolute Gasteiger partial charge is 0.325 e. The highest BCUT2D eigenvalue weighted by Gasteiger charge is 2.16. The first-order valence-electron chi connectivity index (χ1n) is 8.47. The number of nitrogens with one attached hydrogen (secondary N) is 2. The van der Waals surface area contributed by atoms with Crippen LogP contribution < -0.4 is 10.6 Å². The van der Waals surface area contributed by atoms with E-state index in [0.717, 1.165) is 17.7 Å². The van der Waals surface area contributed by atoms with Gasteiger partial charge in [0.25, 0.3) is 0 Å². The fourth-order valence-electron chi connectivity index (χ4n) is 2.27. The predicted molar refractivity (Wildman–Crippen MR) is 111 cm³/mol. The van der Waals surface area contributed by atoms with Crippen LogP contribution in [0.2, 0.25) is 5.02 Å². The molecule has 138 valence electrons. The van der Waals surface area contributed by atoms with Gasteiger partial charge in [-0.3, -0.25) is 9.59 Å². The molecule has 0 saturated heterocycles. The molecule has 0 aromatic heterocycles. The second kappa shape index (κ2) is 9.64. The molecule has 0 aliphatic rings. The van der Waals surface area contributed by atoms with Gasteiger partial charge in [0, 0.05) is 16.4 Å². The molecule has 2 aromatic carbocycles. The lowest BCUT2D eigenvalue weighted by molar-refractivity contribution is -0.115. The van der Waals surface area contributed by atoms with Gasteiger partial charge in [-0.15, -0.1) is 11.8 Å².